The Morgan fingerprint density at radius 1 is 1.09 bits per heavy atom. The number of hydrogen-bond donors (Lipinski definition) is 2. The minimum Gasteiger partial charge on any atom is -0.367 e. The summed E-state index contributed by atoms with van der Waals surface area (Å²) in [5.41, 5.74) is 7.59. The fourth-order valence-corrected chi connectivity index (χ4v) is 3.07. The zero-order valence-electron chi connectivity index (χ0n) is 13.0. The first-order chi connectivity index (χ1) is 11.2. The van der Waals surface area contributed by atoms with Crippen molar-refractivity contribution >= 4 is 11.7 Å². The first-order valence-electron chi connectivity index (χ1n) is 7.99. The summed E-state index contributed by atoms with van der Waals surface area (Å²) in [6.07, 6.45) is 6.49. The topological polar surface area (TPSA) is 79.2 Å². The summed E-state index contributed by atoms with van der Waals surface area (Å²) in [5.74, 6) is -0.0520. The number of aromatic amines is 1. The van der Waals surface area contributed by atoms with Crippen LogP contribution in [0.2, 0.25) is 0 Å². The van der Waals surface area contributed by atoms with Gasteiger partial charge >= 0.3 is 0 Å². The van der Waals surface area contributed by atoms with E-state index in [1.54, 1.807) is 42.7 Å². The molecule has 1 saturated heterocycles. The fraction of sp³-hybridized carbons (Fsp3) is 0.333. The molecule has 23 heavy (non-hydrogen) atoms. The van der Waals surface area contributed by atoms with Crippen molar-refractivity contribution in [2.75, 3.05) is 13.1 Å². The van der Waals surface area contributed by atoms with E-state index < -0.39 is 0 Å². The van der Waals surface area contributed by atoms with Gasteiger partial charge in [0, 0.05) is 48.2 Å². The molecule has 1 unspecified atom stereocenters. The van der Waals surface area contributed by atoms with Crippen molar-refractivity contribution in [1.82, 2.24) is 9.88 Å². The number of nitrogens with zero attached hydrogens (tertiary/aromatic N) is 1. The molecule has 1 atom stereocenters. The van der Waals surface area contributed by atoms with Crippen LogP contribution in [0.25, 0.3) is 0 Å². The second-order valence-electron chi connectivity index (χ2n) is 5.89. The average molecular weight is 311 g/mol. The summed E-state index contributed by atoms with van der Waals surface area (Å²) in [6.45, 7) is 1.25. The van der Waals surface area contributed by atoms with Crippen LogP contribution < -0.4 is 5.73 Å². The maximum absolute atomic E-state index is 12.7. The first-order valence-corrected chi connectivity index (χ1v) is 7.99. The highest BCUT2D eigenvalue weighted by atomic mass is 16.2. The molecule has 1 fully saturated rings. The summed E-state index contributed by atoms with van der Waals surface area (Å²) < 4.78 is 0. The lowest BCUT2D eigenvalue weighted by molar-refractivity contribution is 0.0623. The van der Waals surface area contributed by atoms with Gasteiger partial charge < -0.3 is 15.6 Å². The van der Waals surface area contributed by atoms with Crippen LogP contribution in [-0.4, -0.2) is 40.7 Å². The van der Waals surface area contributed by atoms with Gasteiger partial charge in [0.2, 0.25) is 0 Å². The number of ketones is 1. The van der Waals surface area contributed by atoms with Crippen LogP contribution in [0.1, 0.15) is 45.5 Å². The zero-order chi connectivity index (χ0) is 16.2. The molecule has 3 N–H and O–H groups in total. The van der Waals surface area contributed by atoms with Gasteiger partial charge in [-0.05, 0) is 37.5 Å². The van der Waals surface area contributed by atoms with E-state index >= 15 is 0 Å². The Labute approximate surface area is 135 Å². The summed E-state index contributed by atoms with van der Waals surface area (Å²) in [6, 6.07) is 8.74. The number of benzene rings is 1. The lowest BCUT2D eigenvalue weighted by Crippen LogP contribution is -2.47. The van der Waals surface area contributed by atoms with E-state index in [-0.39, 0.29) is 17.7 Å². The van der Waals surface area contributed by atoms with Gasteiger partial charge in [-0.3, -0.25) is 9.59 Å². The molecule has 1 aliphatic rings. The Bertz CT molecular complexity index is 677. The molecule has 1 aliphatic heterocycles. The SMILES string of the molecule is NCC1CCCCN1C(=O)c1ccc(C(=O)c2cc[nH]c2)cc1. The molecule has 1 aromatic carbocycles. The van der Waals surface area contributed by atoms with E-state index in [4.69, 9.17) is 5.73 Å². The van der Waals surface area contributed by atoms with Gasteiger partial charge in [0.05, 0.1) is 0 Å². The molecular formula is C18H21N3O2. The summed E-state index contributed by atoms with van der Waals surface area (Å²) in [7, 11) is 0. The van der Waals surface area contributed by atoms with E-state index in [2.05, 4.69) is 4.98 Å². The van der Waals surface area contributed by atoms with Crippen molar-refractivity contribution < 1.29 is 9.59 Å². The second-order valence-corrected chi connectivity index (χ2v) is 5.89. The van der Waals surface area contributed by atoms with Gasteiger partial charge in [0.25, 0.3) is 5.91 Å². The summed E-state index contributed by atoms with van der Waals surface area (Å²) >= 11 is 0. The highest BCUT2D eigenvalue weighted by Crippen LogP contribution is 2.20. The maximum atomic E-state index is 12.7. The van der Waals surface area contributed by atoms with Crippen LogP contribution in [0, 0.1) is 0 Å². The van der Waals surface area contributed by atoms with E-state index in [0.717, 1.165) is 25.8 Å². The molecule has 5 heteroatoms. The highest BCUT2D eigenvalue weighted by Gasteiger charge is 2.26. The minimum atomic E-state index is -0.0527. The number of aromatic nitrogens is 1. The average Bonchev–Trinajstić information content (AvgIpc) is 3.15. The molecule has 0 aliphatic carbocycles. The minimum absolute atomic E-state index is 0.000735. The van der Waals surface area contributed by atoms with Crippen molar-refractivity contribution in [2.45, 2.75) is 25.3 Å². The predicted octanol–water partition coefficient (Wildman–Crippen LogP) is 2.20. The predicted molar refractivity (Wildman–Crippen MR) is 88.4 cm³/mol. The smallest absolute Gasteiger partial charge is 0.254 e. The standard InChI is InChI=1S/C18H21N3O2/c19-11-16-3-1-2-10-21(16)18(23)14-6-4-13(5-7-14)17(22)15-8-9-20-12-15/h4-9,12,16,20H,1-3,10-11,19H2. The first kappa shape index (κ1) is 15.5. The number of rotatable bonds is 4. The molecule has 5 nitrogen and oxygen atoms in total. The van der Waals surface area contributed by atoms with Crippen molar-refractivity contribution in [1.29, 1.82) is 0 Å². The molecule has 1 amide bonds. The summed E-state index contributed by atoms with van der Waals surface area (Å²) in [5, 5.41) is 0. The van der Waals surface area contributed by atoms with Gasteiger partial charge in [-0.1, -0.05) is 12.1 Å². The number of amides is 1. The highest BCUT2D eigenvalue weighted by molar-refractivity contribution is 6.09. The normalized spacial score (nSPS) is 18.0. The Hall–Kier alpha value is -2.40. The largest absolute Gasteiger partial charge is 0.367 e. The molecule has 0 saturated carbocycles. The van der Waals surface area contributed by atoms with Gasteiger partial charge in [-0.2, -0.15) is 0 Å². The fourth-order valence-electron chi connectivity index (χ4n) is 3.07. The third-order valence-electron chi connectivity index (χ3n) is 4.41. The van der Waals surface area contributed by atoms with Gasteiger partial charge in [-0.25, -0.2) is 0 Å². The molecule has 0 bridgehead atoms. The number of hydrogen-bond acceptors (Lipinski definition) is 3. The Balaban J connectivity index is 1.76. The number of likely N-dealkylation sites (tertiary alicyclic amines) is 1. The second kappa shape index (κ2) is 6.79. The summed E-state index contributed by atoms with van der Waals surface area (Å²) in [4.78, 5) is 29.7. The third kappa shape index (κ3) is 3.19. The number of piperidine rings is 1. The Morgan fingerprint density at radius 2 is 1.83 bits per heavy atom. The number of carbonyl (C=O) groups excluding carboxylic acids is 2. The van der Waals surface area contributed by atoms with Gasteiger partial charge in [0.1, 0.15) is 0 Å². The van der Waals surface area contributed by atoms with Crippen LogP contribution in [0.4, 0.5) is 0 Å². The van der Waals surface area contributed by atoms with E-state index in [9.17, 15) is 9.59 Å². The molecule has 0 spiro atoms. The van der Waals surface area contributed by atoms with E-state index in [0.29, 0.717) is 23.2 Å². The Kier molecular flexibility index (Phi) is 4.57. The lowest BCUT2D eigenvalue weighted by atomic mass is 9.99. The molecular weight excluding hydrogens is 290 g/mol. The molecule has 2 heterocycles. The van der Waals surface area contributed by atoms with Crippen LogP contribution >= 0.6 is 0 Å². The molecule has 0 radical (unpaired) electrons. The van der Waals surface area contributed by atoms with Crippen LogP contribution in [0.3, 0.4) is 0 Å². The lowest BCUT2D eigenvalue weighted by Gasteiger charge is -2.35. The molecule has 2 aromatic rings. The molecule has 3 rings (SSSR count). The quantitative estimate of drug-likeness (QED) is 0.850. The number of nitrogens with two attached hydrogens (primary N) is 1. The van der Waals surface area contributed by atoms with Crippen molar-refractivity contribution in [2.24, 2.45) is 5.73 Å². The number of nitrogens with one attached hydrogen (secondary N) is 1. The number of H-pyrrole nitrogens is 1. The monoisotopic (exact) mass is 311 g/mol. The Morgan fingerprint density at radius 3 is 2.48 bits per heavy atom. The van der Waals surface area contributed by atoms with Gasteiger partial charge in [0.15, 0.2) is 5.78 Å². The number of carbonyl (C=O) groups is 2. The van der Waals surface area contributed by atoms with Gasteiger partial charge in [-0.15, -0.1) is 0 Å². The van der Waals surface area contributed by atoms with Crippen molar-refractivity contribution in [3.8, 4) is 0 Å². The van der Waals surface area contributed by atoms with E-state index in [1.165, 1.54) is 0 Å². The molecule has 1 aromatic heterocycles. The van der Waals surface area contributed by atoms with Crippen molar-refractivity contribution in [3.63, 3.8) is 0 Å². The molecule has 120 valence electrons. The van der Waals surface area contributed by atoms with E-state index in [1.807, 2.05) is 4.90 Å². The van der Waals surface area contributed by atoms with Crippen LogP contribution in [0.5, 0.6) is 0 Å². The zero-order valence-corrected chi connectivity index (χ0v) is 13.0. The maximum Gasteiger partial charge on any atom is 0.254 e. The van der Waals surface area contributed by atoms with Crippen molar-refractivity contribution in [3.05, 3.63) is 59.4 Å². The van der Waals surface area contributed by atoms with Crippen LogP contribution in [0.15, 0.2) is 42.7 Å². The third-order valence-corrected chi connectivity index (χ3v) is 4.41. The van der Waals surface area contributed by atoms with Crippen LogP contribution in [-0.2, 0) is 0 Å².